The maximum Gasteiger partial charge on any atom is 0.195 e. The summed E-state index contributed by atoms with van der Waals surface area (Å²) in [7, 11) is 0. The third kappa shape index (κ3) is 2.49. The van der Waals surface area contributed by atoms with Crippen LogP contribution in [0.15, 0.2) is 94.9 Å². The van der Waals surface area contributed by atoms with Gasteiger partial charge in [0.25, 0.3) is 0 Å². The fraction of sp³-hybridized carbons (Fsp3) is 0.138. The summed E-state index contributed by atoms with van der Waals surface area (Å²) in [6, 6.07) is 20.5. The molecule has 2 aliphatic heterocycles. The molecule has 7 rings (SSSR count). The van der Waals surface area contributed by atoms with Crippen LogP contribution in [0.25, 0.3) is 6.08 Å². The van der Waals surface area contributed by atoms with Crippen molar-refractivity contribution >= 4 is 40.4 Å². The standard InChI is InChI=1S/C29H19NO4S/c31-26(22-12-6-16-35-22)25-24(21-11-5-15-34-21)29(27(32)18-8-2-3-9-19(18)28(29)33)23-14-13-17-7-1-4-10-20(17)30(23)25/h1-16,23-25H/t23-,24-,25-/m0/s1. The summed E-state index contributed by atoms with van der Waals surface area (Å²) in [4.78, 5) is 45.4. The van der Waals surface area contributed by atoms with Crippen LogP contribution in [0.3, 0.4) is 0 Å². The molecule has 0 bridgehead atoms. The molecule has 1 spiro atoms. The summed E-state index contributed by atoms with van der Waals surface area (Å²) >= 11 is 1.36. The maximum atomic E-state index is 14.3. The molecule has 0 radical (unpaired) electrons. The molecule has 0 saturated carbocycles. The van der Waals surface area contributed by atoms with E-state index in [2.05, 4.69) is 0 Å². The number of rotatable bonds is 3. The van der Waals surface area contributed by atoms with E-state index in [1.807, 2.05) is 52.8 Å². The molecule has 0 N–H and O–H groups in total. The first-order chi connectivity index (χ1) is 17.1. The van der Waals surface area contributed by atoms with Crippen molar-refractivity contribution in [2.45, 2.75) is 18.0 Å². The quantitative estimate of drug-likeness (QED) is 0.281. The number of benzene rings is 2. The number of carbonyl (C=O) groups excluding carboxylic acids is 3. The molecule has 3 aliphatic rings. The Morgan fingerprint density at radius 2 is 1.63 bits per heavy atom. The van der Waals surface area contributed by atoms with Crippen molar-refractivity contribution in [1.82, 2.24) is 0 Å². The Morgan fingerprint density at radius 3 is 2.31 bits per heavy atom. The topological polar surface area (TPSA) is 67.6 Å². The lowest BCUT2D eigenvalue weighted by Gasteiger charge is -2.37. The summed E-state index contributed by atoms with van der Waals surface area (Å²) in [5, 5.41) is 1.86. The van der Waals surface area contributed by atoms with Crippen molar-refractivity contribution in [1.29, 1.82) is 0 Å². The number of para-hydroxylation sites is 1. The Hall–Kier alpha value is -4.03. The number of hydrogen-bond donors (Lipinski definition) is 0. The number of nitrogens with zero attached hydrogens (tertiary/aromatic N) is 1. The highest BCUT2D eigenvalue weighted by atomic mass is 32.1. The van der Waals surface area contributed by atoms with Gasteiger partial charge in [-0.05, 0) is 35.2 Å². The van der Waals surface area contributed by atoms with Gasteiger partial charge in [-0.25, -0.2) is 0 Å². The molecular formula is C29H19NO4S. The van der Waals surface area contributed by atoms with Crippen LogP contribution in [0.5, 0.6) is 0 Å². The number of fused-ring (bicyclic) bond motifs is 5. The minimum absolute atomic E-state index is 0.120. The SMILES string of the molecule is O=C(c1cccs1)[C@@H]1[C@H](c2ccco2)C2(C(=O)c3ccccc3C2=O)[C@@H]2C=Cc3ccccc3N12. The summed E-state index contributed by atoms with van der Waals surface area (Å²) < 4.78 is 5.89. The van der Waals surface area contributed by atoms with Crippen molar-refractivity contribution in [3.05, 3.63) is 118 Å². The van der Waals surface area contributed by atoms with Gasteiger partial charge in [-0.3, -0.25) is 14.4 Å². The molecule has 5 nitrogen and oxygen atoms in total. The minimum Gasteiger partial charge on any atom is -0.469 e. The molecule has 4 aromatic rings. The number of thiophene rings is 1. The molecule has 1 saturated heterocycles. The van der Waals surface area contributed by atoms with E-state index in [4.69, 9.17) is 4.42 Å². The number of Topliss-reactive ketones (excluding diaryl/α,β-unsaturated/α-hetero) is 3. The third-order valence-corrected chi connectivity index (χ3v) is 8.48. The van der Waals surface area contributed by atoms with E-state index in [1.165, 1.54) is 17.6 Å². The second-order valence-electron chi connectivity index (χ2n) is 9.12. The molecule has 35 heavy (non-hydrogen) atoms. The van der Waals surface area contributed by atoms with Crippen LogP contribution in [0.1, 0.15) is 47.6 Å². The van der Waals surface area contributed by atoms with Gasteiger partial charge in [-0.15, -0.1) is 11.3 Å². The molecule has 0 amide bonds. The van der Waals surface area contributed by atoms with Crippen LogP contribution in [0.4, 0.5) is 5.69 Å². The lowest BCUT2D eigenvalue weighted by molar-refractivity contribution is 0.0652. The van der Waals surface area contributed by atoms with Gasteiger partial charge in [0, 0.05) is 16.8 Å². The van der Waals surface area contributed by atoms with Crippen LogP contribution < -0.4 is 4.90 Å². The molecule has 1 fully saturated rings. The van der Waals surface area contributed by atoms with E-state index in [-0.39, 0.29) is 17.3 Å². The summed E-state index contributed by atoms with van der Waals surface area (Å²) in [5.41, 5.74) is 1.08. The summed E-state index contributed by atoms with van der Waals surface area (Å²) in [6.07, 6.45) is 5.41. The molecule has 170 valence electrons. The molecule has 2 aromatic carbocycles. The molecule has 0 unspecified atom stereocenters. The van der Waals surface area contributed by atoms with Gasteiger partial charge < -0.3 is 9.32 Å². The van der Waals surface area contributed by atoms with Gasteiger partial charge in [0.1, 0.15) is 17.2 Å². The first-order valence-electron chi connectivity index (χ1n) is 11.5. The number of hydrogen-bond acceptors (Lipinski definition) is 6. The predicted octanol–water partition coefficient (Wildman–Crippen LogP) is 5.66. The van der Waals surface area contributed by atoms with E-state index in [1.54, 1.807) is 42.5 Å². The second kappa shape index (κ2) is 7.23. The van der Waals surface area contributed by atoms with Crippen LogP contribution >= 0.6 is 11.3 Å². The van der Waals surface area contributed by atoms with Crippen molar-refractivity contribution in [2.24, 2.45) is 5.41 Å². The smallest absolute Gasteiger partial charge is 0.195 e. The highest BCUT2D eigenvalue weighted by molar-refractivity contribution is 7.12. The minimum atomic E-state index is -1.51. The summed E-state index contributed by atoms with van der Waals surface area (Å²) in [5.74, 6) is -0.944. The molecule has 1 aliphatic carbocycles. The Bertz CT molecular complexity index is 1500. The highest BCUT2D eigenvalue weighted by Gasteiger charge is 2.72. The largest absolute Gasteiger partial charge is 0.469 e. The third-order valence-electron chi connectivity index (χ3n) is 7.60. The van der Waals surface area contributed by atoms with Crippen LogP contribution in [-0.2, 0) is 0 Å². The Labute approximate surface area is 205 Å². The maximum absolute atomic E-state index is 14.3. The zero-order chi connectivity index (χ0) is 23.7. The van der Waals surface area contributed by atoms with Crippen LogP contribution in [0, 0.1) is 5.41 Å². The first kappa shape index (κ1) is 20.4. The average molecular weight is 478 g/mol. The molecule has 6 heteroatoms. The van der Waals surface area contributed by atoms with E-state index in [0.29, 0.717) is 21.8 Å². The zero-order valence-electron chi connectivity index (χ0n) is 18.5. The summed E-state index contributed by atoms with van der Waals surface area (Å²) in [6.45, 7) is 0. The zero-order valence-corrected chi connectivity index (χ0v) is 19.3. The number of anilines is 1. The van der Waals surface area contributed by atoms with E-state index in [0.717, 1.165) is 11.3 Å². The van der Waals surface area contributed by atoms with E-state index < -0.39 is 23.4 Å². The molecule has 2 aromatic heterocycles. The fourth-order valence-corrected chi connectivity index (χ4v) is 6.96. The van der Waals surface area contributed by atoms with Crippen LogP contribution in [-0.4, -0.2) is 29.4 Å². The van der Waals surface area contributed by atoms with Gasteiger partial charge in [0.2, 0.25) is 0 Å². The fourth-order valence-electron chi connectivity index (χ4n) is 6.26. The number of carbonyl (C=O) groups is 3. The van der Waals surface area contributed by atoms with Gasteiger partial charge in [0.15, 0.2) is 17.3 Å². The lowest BCUT2D eigenvalue weighted by Crippen LogP contribution is -2.48. The van der Waals surface area contributed by atoms with Crippen LogP contribution in [0.2, 0.25) is 0 Å². The monoisotopic (exact) mass is 477 g/mol. The van der Waals surface area contributed by atoms with Gasteiger partial charge in [-0.1, -0.05) is 60.7 Å². The molecular weight excluding hydrogens is 458 g/mol. The van der Waals surface area contributed by atoms with Crippen molar-refractivity contribution < 1.29 is 18.8 Å². The van der Waals surface area contributed by atoms with Crippen molar-refractivity contribution in [2.75, 3.05) is 4.90 Å². The molecule has 4 heterocycles. The average Bonchev–Trinajstić information content (AvgIpc) is 3.69. The number of ketones is 3. The van der Waals surface area contributed by atoms with Crippen molar-refractivity contribution in [3.8, 4) is 0 Å². The first-order valence-corrected chi connectivity index (χ1v) is 12.4. The Morgan fingerprint density at radius 1 is 0.886 bits per heavy atom. The molecule has 3 atom stereocenters. The highest BCUT2D eigenvalue weighted by Crippen LogP contribution is 2.61. The van der Waals surface area contributed by atoms with E-state index >= 15 is 0 Å². The number of furan rings is 1. The lowest BCUT2D eigenvalue weighted by atomic mass is 9.66. The Kier molecular flexibility index (Phi) is 4.21. The normalized spacial score (nSPS) is 23.4. The second-order valence-corrected chi connectivity index (χ2v) is 10.1. The Balaban J connectivity index is 1.55. The van der Waals surface area contributed by atoms with Crippen molar-refractivity contribution in [3.63, 3.8) is 0 Å². The van der Waals surface area contributed by atoms with E-state index in [9.17, 15) is 14.4 Å². The van der Waals surface area contributed by atoms with Gasteiger partial charge in [-0.2, -0.15) is 0 Å². The van der Waals surface area contributed by atoms with Gasteiger partial charge in [0.05, 0.1) is 23.1 Å². The predicted molar refractivity (Wildman–Crippen MR) is 133 cm³/mol. The van der Waals surface area contributed by atoms with Gasteiger partial charge >= 0.3 is 0 Å².